The molecule has 0 bridgehead atoms. The lowest BCUT2D eigenvalue weighted by molar-refractivity contribution is 0.0988. The van der Waals surface area contributed by atoms with Crippen molar-refractivity contribution < 1.29 is 9.59 Å². The number of nitrogens with one attached hydrogen (secondary N) is 2. The van der Waals surface area contributed by atoms with Gasteiger partial charge in [0.15, 0.2) is 5.96 Å². The predicted molar refractivity (Wildman–Crippen MR) is 116 cm³/mol. The Kier molecular flexibility index (Phi) is 4.87. The number of nitrogens with two attached hydrogens (primary N) is 1. The second-order valence-electron chi connectivity index (χ2n) is 6.83. The van der Waals surface area contributed by atoms with E-state index < -0.39 is 5.91 Å². The molecule has 0 spiro atoms. The minimum atomic E-state index is -0.461. The van der Waals surface area contributed by atoms with Crippen LogP contribution < -0.4 is 21.3 Å². The maximum Gasteiger partial charge on any atom is 0.258 e. The SMILES string of the molecule is CN(C(=O)c1ccc(NC2=NCCN2)cc1)c1ccc2cc(C(N)=O)ccc2c1. The number of fused-ring (bicyclic) bond motifs is 1. The molecular formula is C22H21N5O2. The fourth-order valence-corrected chi connectivity index (χ4v) is 3.22. The van der Waals surface area contributed by atoms with E-state index in [0.29, 0.717) is 11.1 Å². The van der Waals surface area contributed by atoms with E-state index in [1.165, 1.54) is 0 Å². The first kappa shape index (κ1) is 18.5. The van der Waals surface area contributed by atoms with Gasteiger partial charge in [-0.2, -0.15) is 0 Å². The minimum Gasteiger partial charge on any atom is -0.366 e. The molecule has 1 aliphatic heterocycles. The van der Waals surface area contributed by atoms with Crippen molar-refractivity contribution >= 4 is 39.9 Å². The number of nitrogens with zero attached hydrogens (tertiary/aromatic N) is 2. The number of carbonyl (C=O) groups excluding carboxylic acids is 2. The van der Waals surface area contributed by atoms with Crippen LogP contribution in [0.25, 0.3) is 10.8 Å². The molecule has 3 aromatic carbocycles. The van der Waals surface area contributed by atoms with Gasteiger partial charge >= 0.3 is 0 Å². The first-order chi connectivity index (χ1) is 14.0. The van der Waals surface area contributed by atoms with Crippen molar-refractivity contribution in [3.63, 3.8) is 0 Å². The summed E-state index contributed by atoms with van der Waals surface area (Å²) in [6.45, 7) is 1.60. The number of aliphatic imine (C=N–C) groups is 1. The van der Waals surface area contributed by atoms with Crippen molar-refractivity contribution in [1.29, 1.82) is 0 Å². The molecule has 4 N–H and O–H groups in total. The molecule has 0 saturated carbocycles. The molecule has 29 heavy (non-hydrogen) atoms. The Morgan fingerprint density at radius 2 is 1.69 bits per heavy atom. The number of primary amides is 1. The van der Waals surface area contributed by atoms with Crippen LogP contribution in [-0.4, -0.2) is 37.9 Å². The summed E-state index contributed by atoms with van der Waals surface area (Å²) in [4.78, 5) is 30.1. The highest BCUT2D eigenvalue weighted by Gasteiger charge is 2.14. The second-order valence-corrected chi connectivity index (χ2v) is 6.83. The van der Waals surface area contributed by atoms with Gasteiger partial charge in [0, 0.05) is 36.1 Å². The summed E-state index contributed by atoms with van der Waals surface area (Å²) in [7, 11) is 1.74. The van der Waals surface area contributed by atoms with Gasteiger partial charge in [-0.05, 0) is 59.3 Å². The highest BCUT2D eigenvalue weighted by atomic mass is 16.2. The normalized spacial score (nSPS) is 12.9. The van der Waals surface area contributed by atoms with E-state index in [9.17, 15) is 9.59 Å². The molecule has 7 heteroatoms. The number of carbonyl (C=O) groups is 2. The van der Waals surface area contributed by atoms with Crippen LogP contribution in [0.4, 0.5) is 11.4 Å². The van der Waals surface area contributed by atoms with Crippen LogP contribution in [-0.2, 0) is 0 Å². The first-order valence-electron chi connectivity index (χ1n) is 9.28. The van der Waals surface area contributed by atoms with Crippen LogP contribution in [0.1, 0.15) is 20.7 Å². The van der Waals surface area contributed by atoms with Crippen molar-refractivity contribution in [1.82, 2.24) is 5.32 Å². The van der Waals surface area contributed by atoms with Crippen LogP contribution in [0.5, 0.6) is 0 Å². The highest BCUT2D eigenvalue weighted by Crippen LogP contribution is 2.24. The van der Waals surface area contributed by atoms with Crippen molar-refractivity contribution in [3.8, 4) is 0 Å². The molecule has 0 aliphatic carbocycles. The summed E-state index contributed by atoms with van der Waals surface area (Å²) < 4.78 is 0. The van der Waals surface area contributed by atoms with Gasteiger partial charge in [-0.15, -0.1) is 0 Å². The Morgan fingerprint density at radius 1 is 1.00 bits per heavy atom. The Morgan fingerprint density at radius 3 is 2.38 bits per heavy atom. The Balaban J connectivity index is 1.52. The van der Waals surface area contributed by atoms with Gasteiger partial charge in [0.25, 0.3) is 5.91 Å². The molecule has 1 heterocycles. The lowest BCUT2D eigenvalue weighted by atomic mass is 10.1. The maximum atomic E-state index is 12.9. The molecule has 0 radical (unpaired) electrons. The van der Waals surface area contributed by atoms with Crippen LogP contribution >= 0.6 is 0 Å². The lowest BCUT2D eigenvalue weighted by Gasteiger charge is -2.18. The highest BCUT2D eigenvalue weighted by molar-refractivity contribution is 6.07. The summed E-state index contributed by atoms with van der Waals surface area (Å²) in [5.41, 5.74) is 8.02. The van der Waals surface area contributed by atoms with E-state index in [1.807, 2.05) is 36.4 Å². The monoisotopic (exact) mass is 387 g/mol. The van der Waals surface area contributed by atoms with Crippen LogP contribution in [0.2, 0.25) is 0 Å². The summed E-state index contributed by atoms with van der Waals surface area (Å²) in [6.07, 6.45) is 0. The Labute approximate surface area is 168 Å². The largest absolute Gasteiger partial charge is 0.366 e. The molecule has 0 fully saturated rings. The van der Waals surface area contributed by atoms with E-state index in [0.717, 1.165) is 41.2 Å². The van der Waals surface area contributed by atoms with Crippen LogP contribution in [0.15, 0.2) is 65.7 Å². The van der Waals surface area contributed by atoms with Gasteiger partial charge in [0.1, 0.15) is 0 Å². The van der Waals surface area contributed by atoms with Gasteiger partial charge in [-0.25, -0.2) is 0 Å². The zero-order valence-electron chi connectivity index (χ0n) is 16.0. The van der Waals surface area contributed by atoms with Gasteiger partial charge in [0.2, 0.25) is 5.91 Å². The number of hydrogen-bond acceptors (Lipinski definition) is 5. The van der Waals surface area contributed by atoms with E-state index in [2.05, 4.69) is 15.6 Å². The molecule has 7 nitrogen and oxygen atoms in total. The summed E-state index contributed by atoms with van der Waals surface area (Å²) in [5, 5.41) is 8.15. The molecular weight excluding hydrogens is 366 g/mol. The lowest BCUT2D eigenvalue weighted by Crippen LogP contribution is -2.27. The van der Waals surface area contributed by atoms with Gasteiger partial charge in [-0.3, -0.25) is 14.6 Å². The van der Waals surface area contributed by atoms with Crippen molar-refractivity contribution in [2.24, 2.45) is 10.7 Å². The average Bonchev–Trinajstić information content (AvgIpc) is 3.25. The number of guanidine groups is 1. The standard InChI is InChI=1S/C22H21N5O2/c1-27(19-9-6-15-12-17(20(23)28)3-2-16(15)13-19)21(29)14-4-7-18(8-5-14)26-22-24-10-11-25-22/h2-9,12-13H,10-11H2,1H3,(H2,23,28)(H2,24,25,26). The summed E-state index contributed by atoms with van der Waals surface area (Å²) in [6, 6.07) is 18.2. The number of benzene rings is 3. The number of amides is 2. The number of anilines is 2. The molecule has 0 aromatic heterocycles. The smallest absolute Gasteiger partial charge is 0.258 e. The summed E-state index contributed by atoms with van der Waals surface area (Å²) >= 11 is 0. The molecule has 0 unspecified atom stereocenters. The third kappa shape index (κ3) is 3.89. The topological polar surface area (TPSA) is 99.8 Å². The molecule has 2 amide bonds. The quantitative estimate of drug-likeness (QED) is 0.641. The molecule has 0 atom stereocenters. The van der Waals surface area contributed by atoms with E-state index in [4.69, 9.17) is 5.73 Å². The third-order valence-corrected chi connectivity index (χ3v) is 4.87. The third-order valence-electron chi connectivity index (χ3n) is 4.87. The number of rotatable bonds is 4. The average molecular weight is 387 g/mol. The zero-order valence-corrected chi connectivity index (χ0v) is 16.0. The minimum absolute atomic E-state index is 0.110. The summed E-state index contributed by atoms with van der Waals surface area (Å²) in [5.74, 6) is 0.176. The molecule has 146 valence electrons. The Hall–Kier alpha value is -3.87. The molecule has 1 aliphatic rings. The molecule has 0 saturated heterocycles. The molecule has 3 aromatic rings. The van der Waals surface area contributed by atoms with E-state index >= 15 is 0 Å². The fraction of sp³-hybridized carbons (Fsp3) is 0.136. The van der Waals surface area contributed by atoms with Crippen molar-refractivity contribution in [2.75, 3.05) is 30.4 Å². The Bertz CT molecular complexity index is 1120. The van der Waals surface area contributed by atoms with E-state index in [-0.39, 0.29) is 5.91 Å². The van der Waals surface area contributed by atoms with Crippen molar-refractivity contribution in [3.05, 3.63) is 71.8 Å². The fourth-order valence-electron chi connectivity index (χ4n) is 3.22. The predicted octanol–water partition coefficient (Wildman–Crippen LogP) is 2.59. The van der Waals surface area contributed by atoms with Gasteiger partial charge in [0.05, 0.1) is 6.54 Å². The van der Waals surface area contributed by atoms with Crippen LogP contribution in [0, 0.1) is 0 Å². The number of hydrogen-bond donors (Lipinski definition) is 3. The van der Waals surface area contributed by atoms with Crippen LogP contribution in [0.3, 0.4) is 0 Å². The second kappa shape index (κ2) is 7.63. The van der Waals surface area contributed by atoms with Gasteiger partial charge in [-0.1, -0.05) is 12.1 Å². The van der Waals surface area contributed by atoms with Gasteiger partial charge < -0.3 is 21.3 Å². The first-order valence-corrected chi connectivity index (χ1v) is 9.28. The maximum absolute atomic E-state index is 12.9. The zero-order chi connectivity index (χ0) is 20.4. The van der Waals surface area contributed by atoms with E-state index in [1.54, 1.807) is 36.2 Å². The molecule has 4 rings (SSSR count). The van der Waals surface area contributed by atoms with Crippen molar-refractivity contribution in [2.45, 2.75) is 0 Å².